The molecular weight excluding hydrogens is 320 g/mol. The molecular formula is C23H28OSi. The van der Waals surface area contributed by atoms with Crippen LogP contribution in [0, 0.1) is 6.92 Å². The highest BCUT2D eigenvalue weighted by atomic mass is 28.3. The minimum atomic E-state index is -1.53. The van der Waals surface area contributed by atoms with Gasteiger partial charge in [0.15, 0.2) is 0 Å². The molecule has 0 aliphatic heterocycles. The molecule has 0 saturated carbocycles. The number of aliphatic hydroxyl groups excluding tert-OH is 1. The fourth-order valence-electron chi connectivity index (χ4n) is 3.71. The van der Waals surface area contributed by atoms with Gasteiger partial charge < -0.3 is 5.11 Å². The molecule has 1 N–H and O–H groups in total. The van der Waals surface area contributed by atoms with E-state index in [1.165, 1.54) is 39.6 Å². The lowest BCUT2D eigenvalue weighted by Gasteiger charge is -2.25. The molecule has 0 aliphatic rings. The van der Waals surface area contributed by atoms with E-state index >= 15 is 0 Å². The molecule has 0 spiro atoms. The highest BCUT2D eigenvalue weighted by molar-refractivity contribution is 6.91. The molecule has 3 aromatic rings. The summed E-state index contributed by atoms with van der Waals surface area (Å²) in [5.41, 5.74) is 3.80. The Bertz CT molecular complexity index is 850. The van der Waals surface area contributed by atoms with E-state index in [9.17, 15) is 5.11 Å². The number of hydrogen-bond acceptors (Lipinski definition) is 1. The summed E-state index contributed by atoms with van der Waals surface area (Å²) in [6, 6.07) is 23.1. The quantitative estimate of drug-likeness (QED) is 0.608. The van der Waals surface area contributed by atoms with Crippen LogP contribution in [-0.2, 0) is 13.0 Å². The van der Waals surface area contributed by atoms with E-state index in [0.717, 1.165) is 12.0 Å². The molecule has 0 fully saturated rings. The Labute approximate surface area is 152 Å². The van der Waals surface area contributed by atoms with Crippen molar-refractivity contribution in [3.05, 3.63) is 77.4 Å². The average Bonchev–Trinajstić information content (AvgIpc) is 2.62. The minimum Gasteiger partial charge on any atom is -0.392 e. The molecule has 25 heavy (non-hydrogen) atoms. The molecule has 0 heterocycles. The van der Waals surface area contributed by atoms with Crippen molar-refractivity contribution < 1.29 is 5.11 Å². The van der Waals surface area contributed by atoms with Gasteiger partial charge in [0.2, 0.25) is 0 Å². The van der Waals surface area contributed by atoms with Gasteiger partial charge in [-0.3, -0.25) is 0 Å². The van der Waals surface area contributed by atoms with Gasteiger partial charge in [0, 0.05) is 0 Å². The number of rotatable bonds is 6. The van der Waals surface area contributed by atoms with Gasteiger partial charge in [-0.2, -0.15) is 0 Å². The third-order valence-electron chi connectivity index (χ3n) is 5.30. The number of aliphatic hydroxyl groups is 1. The van der Waals surface area contributed by atoms with E-state index in [-0.39, 0.29) is 6.61 Å². The maximum atomic E-state index is 9.63. The lowest BCUT2D eigenvalue weighted by Crippen LogP contribution is -2.41. The van der Waals surface area contributed by atoms with Gasteiger partial charge in [0.05, 0.1) is 14.7 Å². The summed E-state index contributed by atoms with van der Waals surface area (Å²) in [6.45, 7) is 7.20. The Morgan fingerprint density at radius 3 is 2.20 bits per heavy atom. The Kier molecular flexibility index (Phi) is 5.41. The Morgan fingerprint density at radius 2 is 1.52 bits per heavy atom. The zero-order chi connectivity index (χ0) is 17.9. The fourth-order valence-corrected chi connectivity index (χ4v) is 6.53. The van der Waals surface area contributed by atoms with E-state index in [4.69, 9.17) is 0 Å². The molecule has 0 atom stereocenters. The van der Waals surface area contributed by atoms with Crippen LogP contribution in [0.1, 0.15) is 23.1 Å². The Morgan fingerprint density at radius 1 is 0.840 bits per heavy atom. The zero-order valence-electron chi connectivity index (χ0n) is 15.5. The van der Waals surface area contributed by atoms with Gasteiger partial charge in [-0.1, -0.05) is 97.0 Å². The van der Waals surface area contributed by atoms with Crippen LogP contribution in [0.4, 0.5) is 0 Å². The molecule has 130 valence electrons. The lowest BCUT2D eigenvalue weighted by molar-refractivity contribution is 0.283. The fraction of sp³-hybridized carbons (Fsp3) is 0.304. The van der Waals surface area contributed by atoms with Crippen LogP contribution in [-0.4, -0.2) is 13.2 Å². The predicted molar refractivity (Wildman–Crippen MR) is 111 cm³/mol. The molecule has 3 aromatic carbocycles. The van der Waals surface area contributed by atoms with Crippen LogP contribution in [0.5, 0.6) is 0 Å². The van der Waals surface area contributed by atoms with E-state index < -0.39 is 8.07 Å². The first kappa shape index (κ1) is 17.9. The van der Waals surface area contributed by atoms with Gasteiger partial charge in [0.25, 0.3) is 0 Å². The molecule has 0 radical (unpaired) electrons. The predicted octanol–water partition coefficient (Wildman–Crippen LogP) is 5.19. The van der Waals surface area contributed by atoms with Gasteiger partial charge in [-0.15, -0.1) is 0 Å². The summed E-state index contributed by atoms with van der Waals surface area (Å²) in [6.07, 6.45) is 2.39. The van der Waals surface area contributed by atoms with Crippen molar-refractivity contribution in [1.82, 2.24) is 0 Å². The average molecular weight is 349 g/mol. The SMILES string of the molecule is Cc1ccc(CCC[Si](C)(C)c2ccc(CO)c3ccccc23)cc1. The van der Waals surface area contributed by atoms with Crippen molar-refractivity contribution in [2.45, 2.75) is 45.5 Å². The van der Waals surface area contributed by atoms with Gasteiger partial charge in [0.1, 0.15) is 0 Å². The van der Waals surface area contributed by atoms with Gasteiger partial charge >= 0.3 is 0 Å². The number of fused-ring (bicyclic) bond motifs is 1. The number of hydrogen-bond donors (Lipinski definition) is 1. The summed E-state index contributed by atoms with van der Waals surface area (Å²) in [5.74, 6) is 0. The molecule has 3 rings (SSSR count). The van der Waals surface area contributed by atoms with E-state index in [1.54, 1.807) is 0 Å². The van der Waals surface area contributed by atoms with Crippen LogP contribution in [0.25, 0.3) is 10.8 Å². The largest absolute Gasteiger partial charge is 0.392 e. The molecule has 0 unspecified atom stereocenters. The molecule has 0 aromatic heterocycles. The van der Waals surface area contributed by atoms with Crippen molar-refractivity contribution in [3.8, 4) is 0 Å². The molecule has 0 saturated heterocycles. The van der Waals surface area contributed by atoms with Crippen molar-refractivity contribution in [2.24, 2.45) is 0 Å². The van der Waals surface area contributed by atoms with Crippen molar-refractivity contribution >= 4 is 24.0 Å². The maximum absolute atomic E-state index is 9.63. The van der Waals surface area contributed by atoms with Gasteiger partial charge in [-0.25, -0.2) is 0 Å². The van der Waals surface area contributed by atoms with Crippen molar-refractivity contribution in [3.63, 3.8) is 0 Å². The third-order valence-corrected chi connectivity index (χ3v) is 8.80. The molecule has 1 nitrogen and oxygen atoms in total. The molecule has 0 aliphatic carbocycles. The normalized spacial score (nSPS) is 11.8. The summed E-state index contributed by atoms with van der Waals surface area (Å²) in [7, 11) is -1.53. The summed E-state index contributed by atoms with van der Waals surface area (Å²) in [4.78, 5) is 0. The second-order valence-electron chi connectivity index (χ2n) is 7.70. The second kappa shape index (κ2) is 7.55. The van der Waals surface area contributed by atoms with E-state index in [0.29, 0.717) is 0 Å². The topological polar surface area (TPSA) is 20.2 Å². The maximum Gasteiger partial charge on any atom is 0.0814 e. The highest BCUT2D eigenvalue weighted by Gasteiger charge is 2.25. The standard InChI is InChI=1S/C23H28OSi/c1-18-10-12-19(13-11-18)7-6-16-25(2,3)23-15-14-20(17-24)21-8-4-5-9-22(21)23/h4-5,8-15,24H,6-7,16-17H2,1-3H3. The first-order valence-corrected chi connectivity index (χ1v) is 12.4. The first-order valence-electron chi connectivity index (χ1n) is 9.19. The number of benzene rings is 3. The van der Waals surface area contributed by atoms with Crippen molar-refractivity contribution in [2.75, 3.05) is 0 Å². The first-order chi connectivity index (χ1) is 12.0. The van der Waals surface area contributed by atoms with E-state index in [2.05, 4.69) is 80.7 Å². The summed E-state index contributed by atoms with van der Waals surface area (Å²) >= 11 is 0. The number of aryl methyl sites for hydroxylation is 2. The van der Waals surface area contributed by atoms with Crippen LogP contribution in [0.2, 0.25) is 19.1 Å². The van der Waals surface area contributed by atoms with Crippen LogP contribution >= 0.6 is 0 Å². The van der Waals surface area contributed by atoms with E-state index in [1.807, 2.05) is 0 Å². The smallest absolute Gasteiger partial charge is 0.0814 e. The summed E-state index contributed by atoms with van der Waals surface area (Å²) < 4.78 is 0. The molecule has 0 amide bonds. The monoisotopic (exact) mass is 348 g/mol. The second-order valence-corrected chi connectivity index (χ2v) is 12.5. The zero-order valence-corrected chi connectivity index (χ0v) is 16.5. The highest BCUT2D eigenvalue weighted by Crippen LogP contribution is 2.23. The van der Waals surface area contributed by atoms with Crippen molar-refractivity contribution in [1.29, 1.82) is 0 Å². The minimum absolute atomic E-state index is 0.107. The van der Waals surface area contributed by atoms with Gasteiger partial charge in [-0.05, 0) is 35.2 Å². The molecule has 2 heteroatoms. The Hall–Kier alpha value is -1.90. The summed E-state index contributed by atoms with van der Waals surface area (Å²) in [5, 5.41) is 13.7. The lowest BCUT2D eigenvalue weighted by atomic mass is 10.1. The third kappa shape index (κ3) is 4.02. The van der Waals surface area contributed by atoms with Crippen LogP contribution < -0.4 is 5.19 Å². The molecule has 0 bridgehead atoms. The Balaban J connectivity index is 1.80. The van der Waals surface area contributed by atoms with Crippen LogP contribution in [0.15, 0.2) is 60.7 Å². The van der Waals surface area contributed by atoms with Crippen LogP contribution in [0.3, 0.4) is 0 Å².